The van der Waals surface area contributed by atoms with Crippen molar-refractivity contribution in [1.29, 1.82) is 0 Å². The number of carbonyl (C=O) groups excluding carboxylic acids is 2. The highest BCUT2D eigenvalue weighted by molar-refractivity contribution is 7.98. The fourth-order valence-corrected chi connectivity index (χ4v) is 4.67. The lowest BCUT2D eigenvalue weighted by Crippen LogP contribution is -2.15. The van der Waals surface area contributed by atoms with Gasteiger partial charge >= 0.3 is 5.97 Å². The Morgan fingerprint density at radius 3 is 2.85 bits per heavy atom. The molecule has 0 fully saturated rings. The monoisotopic (exact) mass is 474 g/mol. The maximum Gasteiger partial charge on any atom is 0.338 e. The van der Waals surface area contributed by atoms with Crippen molar-refractivity contribution in [2.24, 2.45) is 0 Å². The van der Waals surface area contributed by atoms with Crippen molar-refractivity contribution in [2.75, 3.05) is 13.2 Å². The normalized spacial score (nSPS) is 12.4. The van der Waals surface area contributed by atoms with Gasteiger partial charge in [0.15, 0.2) is 12.4 Å². The molecule has 2 aromatic heterocycles. The van der Waals surface area contributed by atoms with E-state index in [0.717, 1.165) is 34.7 Å². The molecule has 34 heavy (non-hydrogen) atoms. The third-order valence-corrected chi connectivity index (χ3v) is 6.43. The second-order valence-electron chi connectivity index (χ2n) is 8.01. The summed E-state index contributed by atoms with van der Waals surface area (Å²) in [6.45, 7) is 4.17. The van der Waals surface area contributed by atoms with Crippen LogP contribution in [0.3, 0.4) is 0 Å². The Hall–Kier alpha value is -3.72. The first kappa shape index (κ1) is 22.1. The highest BCUT2D eigenvalue weighted by atomic mass is 32.2. The number of thioether (sulfide) groups is 1. The number of aryl methyl sites for hydroxylation is 2. The van der Waals surface area contributed by atoms with Crippen molar-refractivity contribution >= 4 is 29.3 Å². The SMILES string of the molecule is Cc1cc(C)n2nc(SCc3ccccc3C(=O)OCC(=O)c3ccc4c(c3)CCO4)nc2n1. The number of esters is 1. The molecule has 3 heterocycles. The molecule has 0 spiro atoms. The summed E-state index contributed by atoms with van der Waals surface area (Å²) in [5, 5.41) is 5.07. The van der Waals surface area contributed by atoms with Gasteiger partial charge in [-0.05, 0) is 55.3 Å². The van der Waals surface area contributed by atoms with Gasteiger partial charge in [-0.15, -0.1) is 5.10 Å². The number of hydrogen-bond donors (Lipinski definition) is 0. The minimum atomic E-state index is -0.537. The van der Waals surface area contributed by atoms with E-state index < -0.39 is 5.97 Å². The molecule has 9 heteroatoms. The molecule has 0 unspecified atom stereocenters. The molecule has 0 atom stereocenters. The van der Waals surface area contributed by atoms with E-state index in [2.05, 4.69) is 15.1 Å². The molecule has 1 aliphatic rings. The molecule has 0 bridgehead atoms. The first-order chi connectivity index (χ1) is 16.5. The molecule has 0 N–H and O–H groups in total. The van der Waals surface area contributed by atoms with Crippen LogP contribution in [0.4, 0.5) is 0 Å². The van der Waals surface area contributed by atoms with Crippen molar-refractivity contribution in [1.82, 2.24) is 19.6 Å². The highest BCUT2D eigenvalue weighted by Crippen LogP contribution is 2.26. The fraction of sp³-hybridized carbons (Fsp3) is 0.240. The average Bonchev–Trinajstić information content (AvgIpc) is 3.47. The molecule has 0 aliphatic carbocycles. The summed E-state index contributed by atoms with van der Waals surface area (Å²) >= 11 is 1.41. The standard InChI is InChI=1S/C25H22N4O4S/c1-15-11-16(2)29-24(26-15)27-25(28-29)34-14-19-5-3-4-6-20(19)23(31)33-13-21(30)17-7-8-22-18(12-17)9-10-32-22/h3-8,11-12H,9-10,13-14H2,1-2H3. The van der Waals surface area contributed by atoms with Crippen LogP contribution in [-0.4, -0.2) is 44.5 Å². The first-order valence-electron chi connectivity index (χ1n) is 10.9. The van der Waals surface area contributed by atoms with Crippen molar-refractivity contribution in [3.63, 3.8) is 0 Å². The van der Waals surface area contributed by atoms with Crippen LogP contribution in [0.2, 0.25) is 0 Å². The van der Waals surface area contributed by atoms with Gasteiger partial charge in [-0.3, -0.25) is 4.79 Å². The summed E-state index contributed by atoms with van der Waals surface area (Å²) in [5.74, 6) is 1.04. The van der Waals surface area contributed by atoms with E-state index in [0.29, 0.717) is 34.4 Å². The maximum absolute atomic E-state index is 12.8. The van der Waals surface area contributed by atoms with Crippen LogP contribution in [0.1, 0.15) is 43.2 Å². The van der Waals surface area contributed by atoms with E-state index in [1.807, 2.05) is 38.1 Å². The number of ketones is 1. The summed E-state index contributed by atoms with van der Waals surface area (Å²) < 4.78 is 12.5. The van der Waals surface area contributed by atoms with Crippen molar-refractivity contribution in [3.8, 4) is 5.75 Å². The molecule has 172 valence electrons. The van der Waals surface area contributed by atoms with Gasteiger partial charge in [0.2, 0.25) is 5.16 Å². The summed E-state index contributed by atoms with van der Waals surface area (Å²) in [7, 11) is 0. The smallest absolute Gasteiger partial charge is 0.338 e. The van der Waals surface area contributed by atoms with E-state index in [1.54, 1.807) is 28.8 Å². The van der Waals surface area contributed by atoms with E-state index >= 15 is 0 Å². The molecule has 4 aromatic rings. The molecule has 8 nitrogen and oxygen atoms in total. The Morgan fingerprint density at radius 1 is 1.12 bits per heavy atom. The van der Waals surface area contributed by atoms with Crippen LogP contribution >= 0.6 is 11.8 Å². The van der Waals surface area contributed by atoms with Gasteiger partial charge < -0.3 is 9.47 Å². The molecule has 0 radical (unpaired) electrons. The molecule has 0 amide bonds. The zero-order valence-corrected chi connectivity index (χ0v) is 19.6. The van der Waals surface area contributed by atoms with Crippen LogP contribution < -0.4 is 4.74 Å². The lowest BCUT2D eigenvalue weighted by Gasteiger charge is -2.09. The number of fused-ring (bicyclic) bond motifs is 2. The predicted octanol–water partition coefficient (Wildman–Crippen LogP) is 4.01. The Labute approximate surface area is 200 Å². The molecule has 0 saturated heterocycles. The predicted molar refractivity (Wildman–Crippen MR) is 127 cm³/mol. The molecule has 1 aliphatic heterocycles. The molecule has 2 aromatic carbocycles. The summed E-state index contributed by atoms with van der Waals surface area (Å²) in [4.78, 5) is 34.2. The zero-order valence-electron chi connectivity index (χ0n) is 18.8. The number of rotatable bonds is 7. The molecular weight excluding hydrogens is 452 g/mol. The van der Waals surface area contributed by atoms with Crippen LogP contribution in [-0.2, 0) is 16.9 Å². The van der Waals surface area contributed by atoms with Gasteiger partial charge in [0.25, 0.3) is 5.78 Å². The van der Waals surface area contributed by atoms with Crippen molar-refractivity contribution in [2.45, 2.75) is 31.2 Å². The van der Waals surface area contributed by atoms with Gasteiger partial charge in [0.05, 0.1) is 12.2 Å². The topological polar surface area (TPSA) is 95.7 Å². The first-order valence-corrected chi connectivity index (χ1v) is 11.8. The summed E-state index contributed by atoms with van der Waals surface area (Å²) in [6, 6.07) is 14.4. The lowest BCUT2D eigenvalue weighted by molar-refractivity contribution is 0.0474. The van der Waals surface area contributed by atoms with Gasteiger partial charge in [0.1, 0.15) is 5.75 Å². The fourth-order valence-electron chi connectivity index (χ4n) is 3.85. The molecular formula is C25H22N4O4S. The molecule has 0 saturated carbocycles. The summed E-state index contributed by atoms with van der Waals surface area (Å²) in [5.41, 5.74) is 4.54. The average molecular weight is 475 g/mol. The van der Waals surface area contributed by atoms with Crippen LogP contribution in [0.5, 0.6) is 5.75 Å². The Balaban J connectivity index is 1.25. The van der Waals surface area contributed by atoms with E-state index in [1.165, 1.54) is 11.8 Å². The van der Waals surface area contributed by atoms with Crippen molar-refractivity contribution < 1.29 is 19.1 Å². The number of ether oxygens (including phenoxy) is 2. The van der Waals surface area contributed by atoms with Gasteiger partial charge in [-0.25, -0.2) is 14.3 Å². The zero-order chi connectivity index (χ0) is 23.7. The maximum atomic E-state index is 12.8. The van der Waals surface area contributed by atoms with E-state index in [9.17, 15) is 9.59 Å². The van der Waals surface area contributed by atoms with Crippen LogP contribution in [0.25, 0.3) is 5.78 Å². The van der Waals surface area contributed by atoms with Gasteiger partial charge in [-0.2, -0.15) is 4.98 Å². The van der Waals surface area contributed by atoms with E-state index in [4.69, 9.17) is 9.47 Å². The number of nitrogens with zero attached hydrogens (tertiary/aromatic N) is 4. The Morgan fingerprint density at radius 2 is 1.97 bits per heavy atom. The van der Waals surface area contributed by atoms with Crippen LogP contribution in [0, 0.1) is 13.8 Å². The lowest BCUT2D eigenvalue weighted by atomic mass is 10.1. The van der Waals surface area contributed by atoms with E-state index in [-0.39, 0.29) is 12.4 Å². The number of carbonyl (C=O) groups is 2. The van der Waals surface area contributed by atoms with Crippen molar-refractivity contribution in [3.05, 3.63) is 82.2 Å². The Bertz CT molecular complexity index is 1420. The largest absolute Gasteiger partial charge is 0.493 e. The van der Waals surface area contributed by atoms with Gasteiger partial charge in [-0.1, -0.05) is 30.0 Å². The van der Waals surface area contributed by atoms with Crippen LogP contribution in [0.15, 0.2) is 53.7 Å². The quantitative estimate of drug-likeness (QED) is 0.225. The second-order valence-corrected chi connectivity index (χ2v) is 8.95. The number of Topliss-reactive ketones (excluding diaryl/α,β-unsaturated/α-hetero) is 1. The third kappa shape index (κ3) is 4.51. The Kier molecular flexibility index (Phi) is 6.02. The number of benzene rings is 2. The third-order valence-electron chi connectivity index (χ3n) is 5.54. The minimum Gasteiger partial charge on any atom is -0.493 e. The molecule has 5 rings (SSSR count). The second kappa shape index (κ2) is 9.26. The highest BCUT2D eigenvalue weighted by Gasteiger charge is 2.18. The summed E-state index contributed by atoms with van der Waals surface area (Å²) in [6.07, 6.45) is 0.775. The minimum absolute atomic E-state index is 0.248. The van der Waals surface area contributed by atoms with Gasteiger partial charge in [0, 0.05) is 29.1 Å². The number of aromatic nitrogens is 4. The number of hydrogen-bond acceptors (Lipinski definition) is 8.